The summed E-state index contributed by atoms with van der Waals surface area (Å²) in [6, 6.07) is 3.41. The SMILES string of the molecule is FC(F)(F)C(Br)CSc1ccc(Br)cn1. The van der Waals surface area contributed by atoms with Gasteiger partial charge in [-0.15, -0.1) is 11.8 Å². The molecule has 1 unspecified atom stereocenters. The van der Waals surface area contributed by atoms with Crippen molar-refractivity contribution < 1.29 is 13.2 Å². The van der Waals surface area contributed by atoms with E-state index in [2.05, 4.69) is 36.8 Å². The van der Waals surface area contributed by atoms with Crippen LogP contribution in [0.3, 0.4) is 0 Å². The molecule has 1 atom stereocenters. The van der Waals surface area contributed by atoms with Crippen molar-refractivity contribution in [1.82, 2.24) is 4.98 Å². The second-order valence-electron chi connectivity index (χ2n) is 2.63. The summed E-state index contributed by atoms with van der Waals surface area (Å²) in [5.74, 6) is -0.0852. The third kappa shape index (κ3) is 4.74. The maximum Gasteiger partial charge on any atom is 0.402 e. The molecule has 1 aromatic rings. The number of hydrogen-bond acceptors (Lipinski definition) is 2. The molecule has 0 aliphatic rings. The lowest BCUT2D eigenvalue weighted by atomic mass is 10.5. The summed E-state index contributed by atoms with van der Waals surface area (Å²) in [6.45, 7) is 0. The van der Waals surface area contributed by atoms with Gasteiger partial charge in [0.05, 0.1) is 5.03 Å². The summed E-state index contributed by atoms with van der Waals surface area (Å²) in [6.07, 6.45) is -2.65. The average molecular weight is 365 g/mol. The molecule has 15 heavy (non-hydrogen) atoms. The van der Waals surface area contributed by atoms with Crippen LogP contribution in [0, 0.1) is 0 Å². The van der Waals surface area contributed by atoms with Crippen molar-refractivity contribution >= 4 is 43.6 Å². The summed E-state index contributed by atoms with van der Waals surface area (Å²) in [7, 11) is 0. The predicted molar refractivity (Wildman–Crippen MR) is 61.4 cm³/mol. The van der Waals surface area contributed by atoms with Crippen LogP contribution in [0.15, 0.2) is 27.8 Å². The van der Waals surface area contributed by atoms with Gasteiger partial charge < -0.3 is 0 Å². The Morgan fingerprint density at radius 3 is 2.53 bits per heavy atom. The molecule has 0 saturated heterocycles. The van der Waals surface area contributed by atoms with E-state index >= 15 is 0 Å². The molecule has 84 valence electrons. The van der Waals surface area contributed by atoms with E-state index in [0.29, 0.717) is 5.03 Å². The highest BCUT2D eigenvalue weighted by atomic mass is 79.9. The van der Waals surface area contributed by atoms with Gasteiger partial charge >= 0.3 is 6.18 Å². The zero-order valence-corrected chi connectivity index (χ0v) is 11.3. The number of nitrogens with zero attached hydrogens (tertiary/aromatic N) is 1. The van der Waals surface area contributed by atoms with Crippen LogP contribution in [-0.2, 0) is 0 Å². The first-order valence-corrected chi connectivity index (χ1v) is 6.54. The molecule has 1 rings (SSSR count). The van der Waals surface area contributed by atoms with E-state index in [0.717, 1.165) is 16.2 Å². The number of aromatic nitrogens is 1. The molecule has 0 bridgehead atoms. The molecule has 0 aromatic carbocycles. The fraction of sp³-hybridized carbons (Fsp3) is 0.375. The number of halogens is 5. The Hall–Kier alpha value is 0.250. The lowest BCUT2D eigenvalue weighted by Gasteiger charge is -2.12. The van der Waals surface area contributed by atoms with Crippen LogP contribution < -0.4 is 0 Å². The first-order valence-electron chi connectivity index (χ1n) is 3.85. The van der Waals surface area contributed by atoms with Gasteiger partial charge in [-0.2, -0.15) is 13.2 Å². The van der Waals surface area contributed by atoms with Crippen molar-refractivity contribution in [2.45, 2.75) is 16.0 Å². The Labute approximate surface area is 106 Å². The van der Waals surface area contributed by atoms with Gasteiger partial charge in [0.15, 0.2) is 0 Å². The molecule has 1 aromatic heterocycles. The van der Waals surface area contributed by atoms with Gasteiger partial charge in [-0.05, 0) is 28.1 Å². The molecular formula is C8H6Br2F3NS. The molecule has 1 nitrogen and oxygen atoms in total. The van der Waals surface area contributed by atoms with Crippen LogP contribution >= 0.6 is 43.6 Å². The van der Waals surface area contributed by atoms with Crippen LogP contribution in [-0.4, -0.2) is 21.7 Å². The van der Waals surface area contributed by atoms with Crippen LogP contribution in [0.5, 0.6) is 0 Å². The van der Waals surface area contributed by atoms with Crippen molar-refractivity contribution in [1.29, 1.82) is 0 Å². The van der Waals surface area contributed by atoms with Gasteiger partial charge in [-0.1, -0.05) is 15.9 Å². The van der Waals surface area contributed by atoms with Crippen molar-refractivity contribution in [3.63, 3.8) is 0 Å². The van der Waals surface area contributed by atoms with Crippen molar-refractivity contribution in [2.75, 3.05) is 5.75 Å². The normalized spacial score (nSPS) is 13.9. The standard InChI is InChI=1S/C8H6Br2F3NS/c9-5-1-2-7(14-3-5)15-4-6(10)8(11,12)13/h1-3,6H,4H2. The van der Waals surface area contributed by atoms with E-state index in [1.54, 1.807) is 18.3 Å². The molecule has 0 N–H and O–H groups in total. The maximum atomic E-state index is 12.1. The van der Waals surface area contributed by atoms with E-state index in [9.17, 15) is 13.2 Å². The van der Waals surface area contributed by atoms with Crippen molar-refractivity contribution in [3.8, 4) is 0 Å². The zero-order valence-electron chi connectivity index (χ0n) is 7.26. The van der Waals surface area contributed by atoms with Gasteiger partial charge in [-0.3, -0.25) is 0 Å². The van der Waals surface area contributed by atoms with Gasteiger partial charge in [0.1, 0.15) is 4.83 Å². The highest BCUT2D eigenvalue weighted by Gasteiger charge is 2.37. The molecule has 0 aliphatic heterocycles. The van der Waals surface area contributed by atoms with Crippen LogP contribution in [0.2, 0.25) is 0 Å². The Bertz CT molecular complexity index is 315. The van der Waals surface area contributed by atoms with Gasteiger partial charge in [0.2, 0.25) is 0 Å². The maximum absolute atomic E-state index is 12.1. The highest BCUT2D eigenvalue weighted by molar-refractivity contribution is 9.10. The predicted octanol–water partition coefficient (Wildman–Crippen LogP) is 4.26. The molecule has 0 spiro atoms. The van der Waals surface area contributed by atoms with Gasteiger partial charge in [0, 0.05) is 16.4 Å². The first kappa shape index (κ1) is 13.3. The molecule has 1 heterocycles. The van der Waals surface area contributed by atoms with Crippen molar-refractivity contribution in [3.05, 3.63) is 22.8 Å². The smallest absolute Gasteiger partial charge is 0.249 e. The van der Waals surface area contributed by atoms with Crippen molar-refractivity contribution in [2.24, 2.45) is 0 Å². The summed E-state index contributed by atoms with van der Waals surface area (Å²) in [4.78, 5) is 2.46. The monoisotopic (exact) mass is 363 g/mol. The quantitative estimate of drug-likeness (QED) is 0.587. The summed E-state index contributed by atoms with van der Waals surface area (Å²) in [5, 5.41) is 0.576. The fourth-order valence-electron chi connectivity index (χ4n) is 0.701. The van der Waals surface area contributed by atoms with Crippen LogP contribution in [0.25, 0.3) is 0 Å². The van der Waals surface area contributed by atoms with Crippen LogP contribution in [0.4, 0.5) is 13.2 Å². The summed E-state index contributed by atoms with van der Waals surface area (Å²) in [5.41, 5.74) is 0. The van der Waals surface area contributed by atoms with E-state index < -0.39 is 11.0 Å². The van der Waals surface area contributed by atoms with E-state index in [-0.39, 0.29) is 5.75 Å². The topological polar surface area (TPSA) is 12.9 Å². The second-order valence-corrected chi connectivity index (χ2v) is 5.70. The lowest BCUT2D eigenvalue weighted by molar-refractivity contribution is -0.122. The summed E-state index contributed by atoms with van der Waals surface area (Å²) >= 11 is 6.85. The Morgan fingerprint density at radius 2 is 2.07 bits per heavy atom. The molecule has 0 saturated carbocycles. The first-order chi connectivity index (χ1) is 6.89. The summed E-state index contributed by atoms with van der Waals surface area (Å²) < 4.78 is 37.2. The third-order valence-electron chi connectivity index (χ3n) is 1.43. The number of rotatable bonds is 3. The number of alkyl halides is 4. The largest absolute Gasteiger partial charge is 0.402 e. The van der Waals surface area contributed by atoms with E-state index in [1.807, 2.05) is 0 Å². The Morgan fingerprint density at radius 1 is 1.40 bits per heavy atom. The second kappa shape index (κ2) is 5.54. The van der Waals surface area contributed by atoms with Gasteiger partial charge in [-0.25, -0.2) is 4.98 Å². The van der Waals surface area contributed by atoms with E-state index in [4.69, 9.17) is 0 Å². The Kier molecular flexibility index (Phi) is 4.92. The number of hydrogen-bond donors (Lipinski definition) is 0. The van der Waals surface area contributed by atoms with Gasteiger partial charge in [0.25, 0.3) is 0 Å². The minimum Gasteiger partial charge on any atom is -0.249 e. The number of pyridine rings is 1. The number of thioether (sulfide) groups is 1. The minimum atomic E-state index is -4.21. The fourth-order valence-corrected chi connectivity index (χ4v) is 2.13. The Balaban J connectivity index is 2.47. The molecule has 0 radical (unpaired) electrons. The third-order valence-corrected chi connectivity index (χ3v) is 4.21. The molecule has 0 fully saturated rings. The highest BCUT2D eigenvalue weighted by Crippen LogP contribution is 2.31. The molecule has 0 aliphatic carbocycles. The van der Waals surface area contributed by atoms with Crippen LogP contribution in [0.1, 0.15) is 0 Å². The molecule has 7 heteroatoms. The zero-order chi connectivity index (χ0) is 11.5. The average Bonchev–Trinajstić information content (AvgIpc) is 2.15. The molecular weight excluding hydrogens is 359 g/mol. The molecule has 0 amide bonds. The minimum absolute atomic E-state index is 0.0852. The lowest BCUT2D eigenvalue weighted by Crippen LogP contribution is -2.24. The van der Waals surface area contributed by atoms with E-state index in [1.165, 1.54) is 0 Å².